The molecule has 0 aromatic heterocycles. The molecular weight excluding hydrogens is 238 g/mol. The lowest BCUT2D eigenvalue weighted by Crippen LogP contribution is -2.50. The Balaban J connectivity index is 2.55. The van der Waals surface area contributed by atoms with Gasteiger partial charge in [0.15, 0.2) is 0 Å². The van der Waals surface area contributed by atoms with Gasteiger partial charge in [0.25, 0.3) is 0 Å². The van der Waals surface area contributed by atoms with Crippen LogP contribution < -0.4 is 11.1 Å². The van der Waals surface area contributed by atoms with Gasteiger partial charge >= 0.3 is 0 Å². The minimum absolute atomic E-state index is 0.112. The standard InChI is InChI=1S/C15H31N3O/c1-11(2)17-15(19)9-13(10-16)18(4)14-8-6-5-7-12(14)3/h11-14H,5-10,16H2,1-4H3,(H,17,19). The zero-order valence-corrected chi connectivity index (χ0v) is 13.0. The van der Waals surface area contributed by atoms with E-state index in [4.69, 9.17) is 5.73 Å². The van der Waals surface area contributed by atoms with E-state index in [0.717, 1.165) is 0 Å². The zero-order valence-electron chi connectivity index (χ0n) is 13.0. The van der Waals surface area contributed by atoms with E-state index in [1.807, 2.05) is 13.8 Å². The maximum atomic E-state index is 11.9. The molecule has 0 radical (unpaired) electrons. The molecule has 4 nitrogen and oxygen atoms in total. The highest BCUT2D eigenvalue weighted by atomic mass is 16.1. The molecule has 3 unspecified atom stereocenters. The van der Waals surface area contributed by atoms with E-state index >= 15 is 0 Å². The lowest BCUT2D eigenvalue weighted by atomic mass is 9.84. The van der Waals surface area contributed by atoms with E-state index in [1.165, 1.54) is 25.7 Å². The Bertz CT molecular complexity index is 281. The van der Waals surface area contributed by atoms with Crippen molar-refractivity contribution in [1.29, 1.82) is 0 Å². The highest BCUT2D eigenvalue weighted by molar-refractivity contribution is 5.76. The van der Waals surface area contributed by atoms with Gasteiger partial charge in [0.2, 0.25) is 5.91 Å². The van der Waals surface area contributed by atoms with Gasteiger partial charge in [-0.3, -0.25) is 9.69 Å². The second-order valence-electron chi connectivity index (χ2n) is 6.31. The topological polar surface area (TPSA) is 58.4 Å². The first-order valence-electron chi connectivity index (χ1n) is 7.67. The van der Waals surface area contributed by atoms with Gasteiger partial charge < -0.3 is 11.1 Å². The monoisotopic (exact) mass is 269 g/mol. The summed E-state index contributed by atoms with van der Waals surface area (Å²) in [7, 11) is 2.13. The van der Waals surface area contributed by atoms with E-state index in [2.05, 4.69) is 24.2 Å². The molecule has 0 aromatic carbocycles. The molecule has 112 valence electrons. The normalized spacial score (nSPS) is 25.6. The molecule has 4 heteroatoms. The fourth-order valence-electron chi connectivity index (χ4n) is 3.16. The Hall–Kier alpha value is -0.610. The number of hydrogen-bond acceptors (Lipinski definition) is 3. The van der Waals surface area contributed by atoms with Crippen LogP contribution in [-0.4, -0.2) is 42.5 Å². The highest BCUT2D eigenvalue weighted by Gasteiger charge is 2.29. The highest BCUT2D eigenvalue weighted by Crippen LogP contribution is 2.28. The molecule has 1 saturated carbocycles. The maximum Gasteiger partial charge on any atom is 0.221 e. The van der Waals surface area contributed by atoms with Gasteiger partial charge in [0.1, 0.15) is 0 Å². The van der Waals surface area contributed by atoms with Crippen molar-refractivity contribution in [3.8, 4) is 0 Å². The Labute approximate surface area is 118 Å². The van der Waals surface area contributed by atoms with Crippen LogP contribution in [0.25, 0.3) is 0 Å². The largest absolute Gasteiger partial charge is 0.354 e. The molecule has 1 aliphatic carbocycles. The van der Waals surface area contributed by atoms with Crippen LogP contribution >= 0.6 is 0 Å². The smallest absolute Gasteiger partial charge is 0.221 e. The Morgan fingerprint density at radius 3 is 2.53 bits per heavy atom. The average molecular weight is 269 g/mol. The maximum absolute atomic E-state index is 11.9. The number of hydrogen-bond donors (Lipinski definition) is 2. The first kappa shape index (κ1) is 16.4. The molecule has 0 heterocycles. The molecule has 1 amide bonds. The molecule has 3 atom stereocenters. The fraction of sp³-hybridized carbons (Fsp3) is 0.933. The van der Waals surface area contributed by atoms with Crippen LogP contribution in [0.2, 0.25) is 0 Å². The van der Waals surface area contributed by atoms with Gasteiger partial charge in [0, 0.05) is 31.1 Å². The summed E-state index contributed by atoms with van der Waals surface area (Å²) in [6, 6.07) is 0.934. The summed E-state index contributed by atoms with van der Waals surface area (Å²) in [6.45, 7) is 6.85. The number of nitrogens with one attached hydrogen (secondary N) is 1. The Kier molecular flexibility index (Phi) is 6.80. The molecule has 1 rings (SSSR count). The van der Waals surface area contributed by atoms with Gasteiger partial charge in [-0.2, -0.15) is 0 Å². The molecule has 0 aromatic rings. The molecule has 0 aliphatic heterocycles. The van der Waals surface area contributed by atoms with Crippen molar-refractivity contribution in [1.82, 2.24) is 10.2 Å². The number of rotatable bonds is 6. The van der Waals surface area contributed by atoms with E-state index in [9.17, 15) is 4.79 Å². The van der Waals surface area contributed by atoms with Crippen LogP contribution in [-0.2, 0) is 4.79 Å². The van der Waals surface area contributed by atoms with E-state index < -0.39 is 0 Å². The van der Waals surface area contributed by atoms with Crippen LogP contribution in [0.1, 0.15) is 52.9 Å². The summed E-state index contributed by atoms with van der Waals surface area (Å²) >= 11 is 0. The number of nitrogens with two attached hydrogens (primary N) is 1. The molecular formula is C15H31N3O. The van der Waals surface area contributed by atoms with Crippen molar-refractivity contribution >= 4 is 5.91 Å². The third-order valence-corrected chi connectivity index (χ3v) is 4.31. The summed E-state index contributed by atoms with van der Waals surface area (Å²) < 4.78 is 0. The quantitative estimate of drug-likeness (QED) is 0.772. The zero-order chi connectivity index (χ0) is 14.4. The van der Waals surface area contributed by atoms with Gasteiger partial charge in [-0.05, 0) is 39.7 Å². The second kappa shape index (κ2) is 7.85. The number of nitrogens with zero attached hydrogens (tertiary/aromatic N) is 1. The van der Waals surface area contributed by atoms with Crippen molar-refractivity contribution < 1.29 is 4.79 Å². The minimum atomic E-state index is 0.112. The SMILES string of the molecule is CC(C)NC(=O)CC(CN)N(C)C1CCCCC1C. The predicted molar refractivity (Wildman–Crippen MR) is 79.9 cm³/mol. The summed E-state index contributed by atoms with van der Waals surface area (Å²) in [4.78, 5) is 14.2. The predicted octanol–water partition coefficient (Wildman–Crippen LogP) is 1.74. The van der Waals surface area contributed by atoms with Crippen molar-refractivity contribution in [2.45, 2.75) is 71.0 Å². The average Bonchev–Trinajstić information content (AvgIpc) is 2.35. The lowest BCUT2D eigenvalue weighted by molar-refractivity contribution is -0.123. The van der Waals surface area contributed by atoms with Crippen LogP contribution in [0.15, 0.2) is 0 Å². The number of carbonyl (C=O) groups is 1. The number of likely N-dealkylation sites (N-methyl/N-ethyl adjacent to an activating group) is 1. The van der Waals surface area contributed by atoms with Gasteiger partial charge in [-0.1, -0.05) is 19.8 Å². The Morgan fingerprint density at radius 2 is 2.00 bits per heavy atom. The molecule has 0 saturated heterocycles. The van der Waals surface area contributed by atoms with Crippen LogP contribution in [0.3, 0.4) is 0 Å². The van der Waals surface area contributed by atoms with Crippen molar-refractivity contribution in [2.75, 3.05) is 13.6 Å². The lowest BCUT2D eigenvalue weighted by Gasteiger charge is -2.40. The van der Waals surface area contributed by atoms with Crippen molar-refractivity contribution in [2.24, 2.45) is 11.7 Å². The minimum Gasteiger partial charge on any atom is -0.354 e. The first-order valence-corrected chi connectivity index (χ1v) is 7.67. The molecule has 19 heavy (non-hydrogen) atoms. The summed E-state index contributed by atoms with van der Waals surface area (Å²) in [5.74, 6) is 0.821. The van der Waals surface area contributed by atoms with Crippen molar-refractivity contribution in [3.05, 3.63) is 0 Å². The second-order valence-corrected chi connectivity index (χ2v) is 6.31. The molecule has 3 N–H and O–H groups in total. The first-order chi connectivity index (χ1) is 8.95. The van der Waals surface area contributed by atoms with Crippen LogP contribution in [0, 0.1) is 5.92 Å². The van der Waals surface area contributed by atoms with Gasteiger partial charge in [0.05, 0.1) is 0 Å². The third-order valence-electron chi connectivity index (χ3n) is 4.31. The summed E-state index contributed by atoms with van der Waals surface area (Å²) in [5.41, 5.74) is 5.88. The van der Waals surface area contributed by atoms with Gasteiger partial charge in [-0.25, -0.2) is 0 Å². The fourth-order valence-corrected chi connectivity index (χ4v) is 3.16. The molecule has 0 bridgehead atoms. The molecule has 1 fully saturated rings. The number of carbonyl (C=O) groups excluding carboxylic acids is 1. The third kappa shape index (κ3) is 5.11. The number of amides is 1. The van der Waals surface area contributed by atoms with E-state index in [-0.39, 0.29) is 18.0 Å². The van der Waals surface area contributed by atoms with E-state index in [0.29, 0.717) is 24.9 Å². The summed E-state index contributed by atoms with van der Waals surface area (Å²) in [6.07, 6.45) is 5.68. The molecule has 0 spiro atoms. The van der Waals surface area contributed by atoms with Crippen LogP contribution in [0.5, 0.6) is 0 Å². The van der Waals surface area contributed by atoms with Gasteiger partial charge in [-0.15, -0.1) is 0 Å². The van der Waals surface area contributed by atoms with E-state index in [1.54, 1.807) is 0 Å². The summed E-state index contributed by atoms with van der Waals surface area (Å²) in [5, 5.41) is 2.96. The Morgan fingerprint density at radius 1 is 1.37 bits per heavy atom. The van der Waals surface area contributed by atoms with Crippen molar-refractivity contribution in [3.63, 3.8) is 0 Å². The molecule has 1 aliphatic rings. The van der Waals surface area contributed by atoms with Crippen LogP contribution in [0.4, 0.5) is 0 Å².